The molecule has 1 amide bonds. The van der Waals surface area contributed by atoms with E-state index in [0.29, 0.717) is 39.4 Å². The Bertz CT molecular complexity index is 1020. The van der Waals surface area contributed by atoms with Crippen molar-refractivity contribution >= 4 is 35.1 Å². The van der Waals surface area contributed by atoms with Crippen LogP contribution < -0.4 is 10.1 Å². The molecule has 7 nitrogen and oxygen atoms in total. The molecule has 0 saturated heterocycles. The molecule has 0 aliphatic heterocycles. The fourth-order valence-electron chi connectivity index (χ4n) is 2.73. The summed E-state index contributed by atoms with van der Waals surface area (Å²) in [7, 11) is 1.57. The van der Waals surface area contributed by atoms with Gasteiger partial charge in [0.25, 0.3) is 5.91 Å². The third-order valence-corrected chi connectivity index (χ3v) is 5.59. The fraction of sp³-hybridized carbons (Fsp3) is 0.238. The molecular formula is C21H21ClN4O3S. The molecule has 0 aliphatic rings. The van der Waals surface area contributed by atoms with E-state index in [1.54, 1.807) is 55.6 Å². The summed E-state index contributed by atoms with van der Waals surface area (Å²) in [5, 5.41) is 12.4. The number of carbonyl (C=O) groups excluding carboxylic acids is 2. The van der Waals surface area contributed by atoms with Crippen LogP contribution in [0.5, 0.6) is 5.75 Å². The summed E-state index contributed by atoms with van der Waals surface area (Å²) in [6.07, 6.45) is 0. The summed E-state index contributed by atoms with van der Waals surface area (Å²) >= 11 is 7.18. The largest absolute Gasteiger partial charge is 0.497 e. The van der Waals surface area contributed by atoms with Crippen molar-refractivity contribution in [3.8, 4) is 5.75 Å². The molecule has 2 aromatic carbocycles. The van der Waals surface area contributed by atoms with Gasteiger partial charge in [0.15, 0.2) is 16.8 Å². The summed E-state index contributed by atoms with van der Waals surface area (Å²) in [6, 6.07) is 13.7. The van der Waals surface area contributed by atoms with Gasteiger partial charge in [0.2, 0.25) is 0 Å². The van der Waals surface area contributed by atoms with Gasteiger partial charge in [-0.15, -0.1) is 10.2 Å². The van der Waals surface area contributed by atoms with Gasteiger partial charge in [-0.1, -0.05) is 23.4 Å². The van der Waals surface area contributed by atoms with E-state index in [1.807, 2.05) is 11.5 Å². The average molecular weight is 445 g/mol. The van der Waals surface area contributed by atoms with Crippen molar-refractivity contribution in [2.45, 2.75) is 25.2 Å². The van der Waals surface area contributed by atoms with Crippen LogP contribution in [0.25, 0.3) is 0 Å². The van der Waals surface area contributed by atoms with Gasteiger partial charge in [-0.3, -0.25) is 9.59 Å². The van der Waals surface area contributed by atoms with Gasteiger partial charge in [-0.2, -0.15) is 0 Å². The molecule has 3 rings (SSSR count). The van der Waals surface area contributed by atoms with Crippen LogP contribution in [-0.2, 0) is 13.1 Å². The summed E-state index contributed by atoms with van der Waals surface area (Å²) in [5.41, 5.74) is 1.13. The van der Waals surface area contributed by atoms with Gasteiger partial charge in [0, 0.05) is 22.7 Å². The molecule has 30 heavy (non-hydrogen) atoms. The number of nitrogens with one attached hydrogen (secondary N) is 1. The molecular weight excluding hydrogens is 424 g/mol. The fourth-order valence-corrected chi connectivity index (χ4v) is 3.77. The third kappa shape index (κ3) is 5.40. The van der Waals surface area contributed by atoms with Gasteiger partial charge < -0.3 is 14.6 Å². The smallest absolute Gasteiger partial charge is 0.251 e. The molecule has 1 heterocycles. The highest BCUT2D eigenvalue weighted by atomic mass is 35.5. The number of ketones is 1. The minimum atomic E-state index is -0.213. The van der Waals surface area contributed by atoms with Crippen LogP contribution in [0.4, 0.5) is 0 Å². The maximum atomic E-state index is 12.4. The number of hydrogen-bond acceptors (Lipinski definition) is 6. The van der Waals surface area contributed by atoms with Crippen LogP contribution in [-0.4, -0.2) is 39.3 Å². The molecule has 0 aliphatic carbocycles. The van der Waals surface area contributed by atoms with Crippen molar-refractivity contribution in [3.05, 3.63) is 70.5 Å². The number of Topliss-reactive ketones (excluding diaryl/α,β-unsaturated/α-hetero) is 1. The van der Waals surface area contributed by atoms with Crippen LogP contribution in [0.15, 0.2) is 53.7 Å². The standard InChI is InChI=1S/C21H21ClN4O3S/c1-3-26-19(12-23-20(28)15-6-10-17(29-2)11-7-15)24-25-21(26)30-13-18(27)14-4-8-16(22)9-5-14/h4-11H,3,12-13H2,1-2H3,(H,23,28). The Morgan fingerprint density at radius 3 is 2.37 bits per heavy atom. The average Bonchev–Trinajstić information content (AvgIpc) is 3.18. The maximum Gasteiger partial charge on any atom is 0.251 e. The Labute approximate surface area is 183 Å². The third-order valence-electron chi connectivity index (χ3n) is 4.37. The number of halogens is 1. The number of amides is 1. The van der Waals surface area contributed by atoms with Crippen molar-refractivity contribution in [3.63, 3.8) is 0 Å². The molecule has 3 aromatic rings. The highest BCUT2D eigenvalue weighted by Gasteiger charge is 2.15. The molecule has 1 N–H and O–H groups in total. The van der Waals surface area contributed by atoms with E-state index < -0.39 is 0 Å². The second-order valence-electron chi connectivity index (χ2n) is 6.27. The molecule has 0 unspecified atom stereocenters. The lowest BCUT2D eigenvalue weighted by atomic mass is 10.1. The van der Waals surface area contributed by atoms with Gasteiger partial charge in [0.05, 0.1) is 19.4 Å². The minimum Gasteiger partial charge on any atom is -0.497 e. The normalized spacial score (nSPS) is 10.6. The number of rotatable bonds is 9. The number of nitrogens with zero attached hydrogens (tertiary/aromatic N) is 3. The number of benzene rings is 2. The van der Waals surface area contributed by atoms with Crippen LogP contribution in [0, 0.1) is 0 Å². The predicted molar refractivity (Wildman–Crippen MR) is 116 cm³/mol. The highest BCUT2D eigenvalue weighted by molar-refractivity contribution is 7.99. The van der Waals surface area contributed by atoms with E-state index in [-0.39, 0.29) is 24.0 Å². The Hall–Kier alpha value is -2.84. The lowest BCUT2D eigenvalue weighted by Crippen LogP contribution is -2.24. The Balaban J connectivity index is 1.59. The highest BCUT2D eigenvalue weighted by Crippen LogP contribution is 2.20. The first-order valence-electron chi connectivity index (χ1n) is 9.27. The monoisotopic (exact) mass is 444 g/mol. The van der Waals surface area contributed by atoms with E-state index in [4.69, 9.17) is 16.3 Å². The minimum absolute atomic E-state index is 0.0170. The van der Waals surface area contributed by atoms with Crippen molar-refractivity contribution in [1.29, 1.82) is 0 Å². The number of thioether (sulfide) groups is 1. The predicted octanol–water partition coefficient (Wildman–Crippen LogP) is 3.87. The number of ether oxygens (including phenoxy) is 1. The lowest BCUT2D eigenvalue weighted by molar-refractivity contribution is 0.0948. The van der Waals surface area contributed by atoms with E-state index in [0.717, 1.165) is 0 Å². The number of methoxy groups -OCH3 is 1. The molecule has 0 saturated carbocycles. The zero-order valence-electron chi connectivity index (χ0n) is 16.6. The molecule has 0 bridgehead atoms. The number of carbonyl (C=O) groups is 2. The van der Waals surface area contributed by atoms with Crippen molar-refractivity contribution in [2.75, 3.05) is 12.9 Å². The first-order chi connectivity index (χ1) is 14.5. The van der Waals surface area contributed by atoms with Crippen LogP contribution in [0.1, 0.15) is 33.5 Å². The summed E-state index contributed by atoms with van der Waals surface area (Å²) < 4.78 is 6.98. The Morgan fingerprint density at radius 1 is 1.07 bits per heavy atom. The second-order valence-corrected chi connectivity index (χ2v) is 7.65. The zero-order valence-corrected chi connectivity index (χ0v) is 18.2. The summed E-state index contributed by atoms with van der Waals surface area (Å²) in [5.74, 6) is 1.32. The second kappa shape index (κ2) is 10.3. The quantitative estimate of drug-likeness (QED) is 0.398. The molecule has 0 spiro atoms. The zero-order chi connectivity index (χ0) is 21.5. The summed E-state index contributed by atoms with van der Waals surface area (Å²) in [4.78, 5) is 24.7. The van der Waals surface area contributed by atoms with Crippen molar-refractivity contribution < 1.29 is 14.3 Å². The van der Waals surface area contributed by atoms with E-state index in [9.17, 15) is 9.59 Å². The lowest BCUT2D eigenvalue weighted by Gasteiger charge is -2.09. The molecule has 156 valence electrons. The first-order valence-corrected chi connectivity index (χ1v) is 10.6. The van der Waals surface area contributed by atoms with E-state index >= 15 is 0 Å². The molecule has 9 heteroatoms. The van der Waals surface area contributed by atoms with E-state index in [2.05, 4.69) is 15.5 Å². The van der Waals surface area contributed by atoms with Gasteiger partial charge in [-0.05, 0) is 55.5 Å². The van der Waals surface area contributed by atoms with Gasteiger partial charge in [-0.25, -0.2) is 0 Å². The molecule has 1 aromatic heterocycles. The van der Waals surface area contributed by atoms with Crippen molar-refractivity contribution in [1.82, 2.24) is 20.1 Å². The van der Waals surface area contributed by atoms with E-state index in [1.165, 1.54) is 11.8 Å². The van der Waals surface area contributed by atoms with Gasteiger partial charge >= 0.3 is 0 Å². The van der Waals surface area contributed by atoms with Crippen LogP contribution in [0.2, 0.25) is 5.02 Å². The van der Waals surface area contributed by atoms with Gasteiger partial charge in [0.1, 0.15) is 5.75 Å². The topological polar surface area (TPSA) is 86.1 Å². The number of hydrogen-bond donors (Lipinski definition) is 1. The Morgan fingerprint density at radius 2 is 1.73 bits per heavy atom. The molecule has 0 atom stereocenters. The molecule has 0 fully saturated rings. The van der Waals surface area contributed by atoms with Crippen molar-refractivity contribution in [2.24, 2.45) is 0 Å². The SMILES string of the molecule is CCn1c(CNC(=O)c2ccc(OC)cc2)nnc1SCC(=O)c1ccc(Cl)cc1. The molecule has 0 radical (unpaired) electrons. The summed E-state index contributed by atoms with van der Waals surface area (Å²) in [6.45, 7) is 2.82. The number of aromatic nitrogens is 3. The van der Waals surface area contributed by atoms with Crippen LogP contribution in [0.3, 0.4) is 0 Å². The maximum absolute atomic E-state index is 12.4. The first kappa shape index (κ1) is 21.9. The van der Waals surface area contributed by atoms with Crippen LogP contribution >= 0.6 is 23.4 Å². The Kier molecular flexibility index (Phi) is 7.48.